The molecule has 0 saturated carbocycles. The van der Waals surface area contributed by atoms with Crippen molar-refractivity contribution in [2.75, 3.05) is 38.5 Å². The zero-order valence-electron chi connectivity index (χ0n) is 17.3. The van der Waals surface area contributed by atoms with Crippen molar-refractivity contribution in [1.29, 1.82) is 0 Å². The largest absolute Gasteiger partial charge is 0.300 e. The molecule has 0 spiro atoms. The minimum absolute atomic E-state index is 0.0539. The van der Waals surface area contributed by atoms with Gasteiger partial charge in [-0.05, 0) is 47.5 Å². The minimum atomic E-state index is -0.993. The molecule has 162 valence electrons. The zero-order valence-corrected chi connectivity index (χ0v) is 18.1. The minimum Gasteiger partial charge on any atom is -0.300 e. The number of rotatable bonds is 7. The molecule has 1 atom stereocenters. The Balaban J connectivity index is 1.41. The first-order valence-electron chi connectivity index (χ1n) is 10.5. The van der Waals surface area contributed by atoms with E-state index in [2.05, 4.69) is 9.80 Å². The molecule has 1 aliphatic rings. The van der Waals surface area contributed by atoms with Crippen molar-refractivity contribution in [3.63, 3.8) is 0 Å². The number of benzene rings is 3. The van der Waals surface area contributed by atoms with Crippen LogP contribution in [-0.4, -0.2) is 52.5 Å². The fraction of sp³-hybridized carbons (Fsp3) is 0.280. The van der Waals surface area contributed by atoms with Crippen LogP contribution in [0.4, 0.5) is 8.78 Å². The Morgan fingerprint density at radius 3 is 1.77 bits per heavy atom. The van der Waals surface area contributed by atoms with E-state index in [1.165, 1.54) is 24.3 Å². The van der Waals surface area contributed by atoms with Crippen molar-refractivity contribution >= 4 is 10.8 Å². The summed E-state index contributed by atoms with van der Waals surface area (Å²) in [4.78, 5) is 5.56. The lowest BCUT2D eigenvalue weighted by Crippen LogP contribution is -2.48. The van der Waals surface area contributed by atoms with Crippen LogP contribution >= 0.6 is 0 Å². The lowest BCUT2D eigenvalue weighted by molar-refractivity contribution is 0.114. The van der Waals surface area contributed by atoms with E-state index in [1.807, 2.05) is 30.3 Å². The molecule has 0 aliphatic carbocycles. The third-order valence-corrected chi connectivity index (χ3v) is 7.09. The number of hydrogen-bond acceptors (Lipinski definition) is 3. The van der Waals surface area contributed by atoms with Crippen molar-refractivity contribution in [2.45, 2.75) is 10.9 Å². The van der Waals surface area contributed by atoms with Crippen LogP contribution in [0, 0.1) is 11.6 Å². The van der Waals surface area contributed by atoms with Gasteiger partial charge in [-0.2, -0.15) is 0 Å². The molecule has 0 bridgehead atoms. The molecule has 0 aromatic heterocycles. The molecule has 0 radical (unpaired) electrons. The van der Waals surface area contributed by atoms with Crippen molar-refractivity contribution < 1.29 is 13.0 Å². The number of piperazine rings is 1. The summed E-state index contributed by atoms with van der Waals surface area (Å²) < 4.78 is 39.5. The Kier molecular flexibility index (Phi) is 7.22. The third kappa shape index (κ3) is 5.64. The molecule has 3 aromatic rings. The Bertz CT molecular complexity index is 943. The molecule has 1 heterocycles. The summed E-state index contributed by atoms with van der Waals surface area (Å²) in [6.07, 6.45) is 0. The molecular formula is C25H26F2N2OS. The molecule has 0 N–H and O–H groups in total. The monoisotopic (exact) mass is 440 g/mol. The molecule has 3 nitrogen and oxygen atoms in total. The average molecular weight is 441 g/mol. The normalized spacial score (nSPS) is 16.5. The van der Waals surface area contributed by atoms with Crippen molar-refractivity contribution in [1.82, 2.24) is 9.80 Å². The lowest BCUT2D eigenvalue weighted by atomic mass is 9.96. The van der Waals surface area contributed by atoms with Crippen LogP contribution in [0.15, 0.2) is 83.8 Å². The van der Waals surface area contributed by atoms with Crippen LogP contribution in [-0.2, 0) is 10.8 Å². The molecule has 4 rings (SSSR count). The van der Waals surface area contributed by atoms with E-state index >= 15 is 0 Å². The Labute approximate surface area is 184 Å². The number of nitrogens with zero attached hydrogens (tertiary/aromatic N) is 2. The second-order valence-corrected chi connectivity index (χ2v) is 9.32. The van der Waals surface area contributed by atoms with E-state index in [4.69, 9.17) is 0 Å². The highest BCUT2D eigenvalue weighted by Gasteiger charge is 2.26. The van der Waals surface area contributed by atoms with E-state index in [0.29, 0.717) is 5.75 Å². The van der Waals surface area contributed by atoms with E-state index in [9.17, 15) is 13.0 Å². The summed E-state index contributed by atoms with van der Waals surface area (Å²) >= 11 is 0. The summed E-state index contributed by atoms with van der Waals surface area (Å²) in [5, 5.41) is 0. The molecule has 3 aromatic carbocycles. The van der Waals surface area contributed by atoms with Gasteiger partial charge in [-0.3, -0.25) is 14.0 Å². The Morgan fingerprint density at radius 2 is 1.26 bits per heavy atom. The molecule has 0 amide bonds. The fourth-order valence-electron chi connectivity index (χ4n) is 4.05. The number of hydrogen-bond donors (Lipinski definition) is 0. The Morgan fingerprint density at radius 1 is 0.742 bits per heavy atom. The van der Waals surface area contributed by atoms with Gasteiger partial charge in [0.2, 0.25) is 0 Å². The maximum absolute atomic E-state index is 13.5. The molecule has 31 heavy (non-hydrogen) atoms. The predicted octanol–water partition coefficient (Wildman–Crippen LogP) is 4.48. The van der Waals surface area contributed by atoms with Crippen molar-refractivity contribution in [3.05, 3.63) is 102 Å². The molecule has 6 heteroatoms. The summed E-state index contributed by atoms with van der Waals surface area (Å²) in [5.41, 5.74) is 1.98. The van der Waals surface area contributed by atoms with Crippen LogP contribution in [0.2, 0.25) is 0 Å². The smallest absolute Gasteiger partial charge is 0.123 e. The SMILES string of the molecule is O=S(CCN1CCN(C(c2ccc(F)cc2)c2ccc(F)cc2)CC1)c1ccccc1. The maximum Gasteiger partial charge on any atom is 0.123 e. The lowest BCUT2D eigenvalue weighted by Gasteiger charge is -2.39. The van der Waals surface area contributed by atoms with Crippen LogP contribution in [0.5, 0.6) is 0 Å². The molecule has 1 aliphatic heterocycles. The van der Waals surface area contributed by atoms with E-state index in [0.717, 1.165) is 48.7 Å². The van der Waals surface area contributed by atoms with Gasteiger partial charge >= 0.3 is 0 Å². The summed E-state index contributed by atoms with van der Waals surface area (Å²) in [5.74, 6) is 0.0827. The first-order valence-corrected chi connectivity index (χ1v) is 11.8. The van der Waals surface area contributed by atoms with Gasteiger partial charge < -0.3 is 0 Å². The van der Waals surface area contributed by atoms with Crippen molar-refractivity contribution in [2.24, 2.45) is 0 Å². The topological polar surface area (TPSA) is 23.6 Å². The van der Waals surface area contributed by atoms with E-state index < -0.39 is 10.8 Å². The van der Waals surface area contributed by atoms with Gasteiger partial charge in [0.1, 0.15) is 11.6 Å². The first-order chi connectivity index (χ1) is 15.1. The summed E-state index contributed by atoms with van der Waals surface area (Å²) in [6.45, 7) is 4.18. The van der Waals surface area contributed by atoms with Gasteiger partial charge in [0, 0.05) is 43.4 Å². The molecule has 1 unspecified atom stereocenters. The highest BCUT2D eigenvalue weighted by molar-refractivity contribution is 7.85. The Hall–Kier alpha value is -2.41. The molecule has 1 fully saturated rings. The summed E-state index contributed by atoms with van der Waals surface area (Å²) in [6, 6.07) is 22.6. The zero-order chi connectivity index (χ0) is 21.6. The van der Waals surface area contributed by atoms with E-state index in [1.54, 1.807) is 24.3 Å². The van der Waals surface area contributed by atoms with Gasteiger partial charge in [0.15, 0.2) is 0 Å². The van der Waals surface area contributed by atoms with Gasteiger partial charge in [-0.15, -0.1) is 0 Å². The van der Waals surface area contributed by atoms with Crippen molar-refractivity contribution in [3.8, 4) is 0 Å². The quantitative estimate of drug-likeness (QED) is 0.541. The fourth-order valence-corrected chi connectivity index (χ4v) is 5.17. The maximum atomic E-state index is 13.5. The first kappa shape index (κ1) is 21.8. The summed E-state index contributed by atoms with van der Waals surface area (Å²) in [7, 11) is -0.993. The van der Waals surface area contributed by atoms with E-state index in [-0.39, 0.29) is 17.7 Å². The average Bonchev–Trinajstić information content (AvgIpc) is 2.81. The van der Waals surface area contributed by atoms with Crippen LogP contribution < -0.4 is 0 Å². The third-order valence-electron chi connectivity index (χ3n) is 5.74. The van der Waals surface area contributed by atoms with Gasteiger partial charge in [0.05, 0.1) is 16.8 Å². The van der Waals surface area contributed by atoms with Crippen LogP contribution in [0.25, 0.3) is 0 Å². The van der Waals surface area contributed by atoms with Gasteiger partial charge in [0.25, 0.3) is 0 Å². The van der Waals surface area contributed by atoms with Crippen LogP contribution in [0.3, 0.4) is 0 Å². The molecule has 1 saturated heterocycles. The van der Waals surface area contributed by atoms with Gasteiger partial charge in [-0.25, -0.2) is 8.78 Å². The highest BCUT2D eigenvalue weighted by Crippen LogP contribution is 2.30. The highest BCUT2D eigenvalue weighted by atomic mass is 32.2. The van der Waals surface area contributed by atoms with Crippen LogP contribution in [0.1, 0.15) is 17.2 Å². The predicted molar refractivity (Wildman–Crippen MR) is 120 cm³/mol. The second kappa shape index (κ2) is 10.3. The standard InChI is InChI=1S/C25H26F2N2OS/c26-22-10-6-20(7-11-22)25(21-8-12-23(27)13-9-21)29-16-14-28(15-17-29)18-19-31(30)24-4-2-1-3-5-24/h1-13,25H,14-19H2. The number of halogens is 2. The second-order valence-electron chi connectivity index (χ2n) is 7.75. The molecular weight excluding hydrogens is 414 g/mol. The van der Waals surface area contributed by atoms with Gasteiger partial charge in [-0.1, -0.05) is 42.5 Å².